The molecule has 0 fully saturated rings. The van der Waals surface area contributed by atoms with Crippen molar-refractivity contribution in [2.45, 2.75) is 0 Å². The summed E-state index contributed by atoms with van der Waals surface area (Å²) in [5.41, 5.74) is 1.95. The van der Waals surface area contributed by atoms with Gasteiger partial charge in [-0.1, -0.05) is 35.1 Å². The van der Waals surface area contributed by atoms with Gasteiger partial charge < -0.3 is 14.6 Å². The Morgan fingerprint density at radius 1 is 1.18 bits per heavy atom. The molecule has 0 aliphatic rings. The van der Waals surface area contributed by atoms with Gasteiger partial charge in [0.05, 0.1) is 29.5 Å². The first kappa shape index (κ1) is 18.3. The molecule has 0 aliphatic heterocycles. The average molecular weight is 415 g/mol. The lowest BCUT2D eigenvalue weighted by atomic mass is 10.1. The summed E-state index contributed by atoms with van der Waals surface area (Å²) in [6.45, 7) is 0. The van der Waals surface area contributed by atoms with E-state index in [9.17, 15) is 9.90 Å². The summed E-state index contributed by atoms with van der Waals surface area (Å²) in [5, 5.41) is 10.0. The number of benzene rings is 2. The largest absolute Gasteiger partial charge is 0.503 e. The van der Waals surface area contributed by atoms with Gasteiger partial charge in [-0.05, 0) is 35.9 Å². The molecule has 4 aromatic rings. The topological polar surface area (TPSA) is 73.1 Å². The third kappa shape index (κ3) is 3.08. The van der Waals surface area contributed by atoms with Crippen LogP contribution in [0.5, 0.6) is 17.2 Å². The van der Waals surface area contributed by atoms with Crippen LogP contribution in [0.2, 0.25) is 5.02 Å². The SMILES string of the molecule is COc1ccccc1-c1cn2c(=O)/c(=C/c3cc(Cl)c(O)c(OC)c3)sc2n1. The number of rotatable bonds is 4. The number of halogens is 1. The van der Waals surface area contributed by atoms with E-state index in [-0.39, 0.29) is 22.1 Å². The van der Waals surface area contributed by atoms with E-state index in [4.69, 9.17) is 21.1 Å². The number of aromatic nitrogens is 2. The van der Waals surface area contributed by atoms with Crippen LogP contribution in [0.4, 0.5) is 0 Å². The molecular weight excluding hydrogens is 400 g/mol. The van der Waals surface area contributed by atoms with Crippen LogP contribution in [0.25, 0.3) is 22.3 Å². The Kier molecular flexibility index (Phi) is 4.70. The van der Waals surface area contributed by atoms with Gasteiger partial charge in [0.2, 0.25) is 0 Å². The number of methoxy groups -OCH3 is 2. The lowest BCUT2D eigenvalue weighted by Gasteiger charge is -2.05. The Labute approximate surface area is 168 Å². The molecule has 1 N–H and O–H groups in total. The third-order valence-electron chi connectivity index (χ3n) is 4.26. The maximum atomic E-state index is 12.8. The fourth-order valence-electron chi connectivity index (χ4n) is 2.90. The van der Waals surface area contributed by atoms with Crippen molar-refractivity contribution in [3.05, 3.63) is 68.1 Å². The molecule has 0 amide bonds. The number of para-hydroxylation sites is 1. The van der Waals surface area contributed by atoms with Crippen LogP contribution in [0, 0.1) is 0 Å². The zero-order valence-electron chi connectivity index (χ0n) is 15.0. The third-order valence-corrected chi connectivity index (χ3v) is 5.53. The van der Waals surface area contributed by atoms with Crippen molar-refractivity contribution in [2.24, 2.45) is 0 Å². The van der Waals surface area contributed by atoms with E-state index in [1.807, 2.05) is 24.3 Å². The maximum Gasteiger partial charge on any atom is 0.274 e. The van der Waals surface area contributed by atoms with Crippen LogP contribution in [-0.2, 0) is 0 Å². The highest BCUT2D eigenvalue weighted by Crippen LogP contribution is 2.35. The molecule has 6 nitrogen and oxygen atoms in total. The molecule has 0 bridgehead atoms. The highest BCUT2D eigenvalue weighted by Gasteiger charge is 2.14. The van der Waals surface area contributed by atoms with Crippen LogP contribution in [0.1, 0.15) is 5.56 Å². The van der Waals surface area contributed by atoms with Gasteiger partial charge in [0, 0.05) is 11.8 Å². The van der Waals surface area contributed by atoms with E-state index in [1.54, 1.807) is 31.5 Å². The first-order chi connectivity index (χ1) is 13.5. The summed E-state index contributed by atoms with van der Waals surface area (Å²) in [5.74, 6) is 0.801. The number of ether oxygens (including phenoxy) is 2. The number of thiazole rings is 1. The fraction of sp³-hybridized carbons (Fsp3) is 0.100. The zero-order valence-corrected chi connectivity index (χ0v) is 16.5. The predicted octanol–water partition coefficient (Wildman–Crippen LogP) is 3.35. The first-order valence-corrected chi connectivity index (χ1v) is 9.44. The van der Waals surface area contributed by atoms with Crippen molar-refractivity contribution in [2.75, 3.05) is 14.2 Å². The standard InChI is InChI=1S/C20H15ClN2O4S/c1-26-15-6-4-3-5-12(15)14-10-23-19(25)17(28-20(23)22-14)9-11-7-13(21)18(24)16(8-11)27-2/h3-10,24H,1-2H3/b17-9-. The van der Waals surface area contributed by atoms with Crippen molar-refractivity contribution >= 4 is 34.0 Å². The number of hydrogen-bond acceptors (Lipinski definition) is 6. The first-order valence-electron chi connectivity index (χ1n) is 8.25. The molecule has 2 heterocycles. The van der Waals surface area contributed by atoms with Crippen LogP contribution in [-0.4, -0.2) is 28.7 Å². The maximum absolute atomic E-state index is 12.8. The number of phenolic OH excluding ortho intramolecular Hbond substituents is 1. The summed E-state index contributed by atoms with van der Waals surface area (Å²) >= 11 is 7.29. The monoisotopic (exact) mass is 414 g/mol. The predicted molar refractivity (Wildman–Crippen MR) is 110 cm³/mol. The highest BCUT2D eigenvalue weighted by molar-refractivity contribution is 7.15. The number of imidazole rings is 1. The molecule has 0 aliphatic carbocycles. The van der Waals surface area contributed by atoms with E-state index < -0.39 is 0 Å². The average Bonchev–Trinajstić information content (AvgIpc) is 3.24. The smallest absolute Gasteiger partial charge is 0.274 e. The second-order valence-electron chi connectivity index (χ2n) is 5.95. The second kappa shape index (κ2) is 7.18. The minimum atomic E-state index is -0.184. The zero-order chi connectivity index (χ0) is 19.8. The molecule has 2 aromatic carbocycles. The number of phenols is 1. The molecule has 2 aromatic heterocycles. The molecule has 0 spiro atoms. The van der Waals surface area contributed by atoms with E-state index >= 15 is 0 Å². The van der Waals surface area contributed by atoms with Gasteiger partial charge in [-0.15, -0.1) is 0 Å². The molecule has 0 saturated heterocycles. The van der Waals surface area contributed by atoms with E-state index in [0.29, 0.717) is 26.5 Å². The normalized spacial score (nSPS) is 11.9. The van der Waals surface area contributed by atoms with Crippen molar-refractivity contribution < 1.29 is 14.6 Å². The lowest BCUT2D eigenvalue weighted by molar-refractivity contribution is 0.373. The Hall–Kier alpha value is -3.03. The molecule has 28 heavy (non-hydrogen) atoms. The molecule has 0 radical (unpaired) electrons. The summed E-state index contributed by atoms with van der Waals surface area (Å²) < 4.78 is 12.5. The number of aromatic hydroxyl groups is 1. The quantitative estimate of drug-likeness (QED) is 0.554. The van der Waals surface area contributed by atoms with Gasteiger partial charge >= 0.3 is 0 Å². The molecule has 0 unspecified atom stereocenters. The van der Waals surface area contributed by atoms with Crippen molar-refractivity contribution in [3.63, 3.8) is 0 Å². The fourth-order valence-corrected chi connectivity index (χ4v) is 4.08. The molecule has 4 rings (SSSR count). The number of hydrogen-bond donors (Lipinski definition) is 1. The summed E-state index contributed by atoms with van der Waals surface area (Å²) in [7, 11) is 3.03. The van der Waals surface area contributed by atoms with E-state index in [0.717, 1.165) is 5.56 Å². The summed E-state index contributed by atoms with van der Waals surface area (Å²) in [4.78, 5) is 17.9. The Bertz CT molecular complexity index is 1300. The van der Waals surface area contributed by atoms with Crippen molar-refractivity contribution in [1.29, 1.82) is 0 Å². The number of nitrogens with zero attached hydrogens (tertiary/aromatic N) is 2. The lowest BCUT2D eigenvalue weighted by Crippen LogP contribution is -2.22. The van der Waals surface area contributed by atoms with Crippen molar-refractivity contribution in [1.82, 2.24) is 9.38 Å². The van der Waals surface area contributed by atoms with Crippen LogP contribution < -0.4 is 19.6 Å². The Morgan fingerprint density at radius 3 is 2.64 bits per heavy atom. The van der Waals surface area contributed by atoms with Gasteiger partial charge in [-0.25, -0.2) is 4.98 Å². The Morgan fingerprint density at radius 2 is 1.93 bits per heavy atom. The van der Waals surface area contributed by atoms with Crippen LogP contribution in [0.15, 0.2) is 47.4 Å². The van der Waals surface area contributed by atoms with Gasteiger partial charge in [0.15, 0.2) is 16.5 Å². The second-order valence-corrected chi connectivity index (χ2v) is 7.36. The Balaban J connectivity index is 1.82. The minimum absolute atomic E-state index is 0.133. The molecule has 8 heteroatoms. The highest BCUT2D eigenvalue weighted by atomic mass is 35.5. The number of fused-ring (bicyclic) bond motifs is 1. The molecular formula is C20H15ClN2O4S. The molecule has 0 saturated carbocycles. The van der Waals surface area contributed by atoms with Gasteiger partial charge in [0.1, 0.15) is 5.75 Å². The summed E-state index contributed by atoms with van der Waals surface area (Å²) in [6.07, 6.45) is 3.39. The van der Waals surface area contributed by atoms with Gasteiger partial charge in [0.25, 0.3) is 5.56 Å². The van der Waals surface area contributed by atoms with Crippen LogP contribution >= 0.6 is 22.9 Å². The minimum Gasteiger partial charge on any atom is -0.503 e. The van der Waals surface area contributed by atoms with E-state index in [1.165, 1.54) is 22.8 Å². The molecule has 0 atom stereocenters. The molecule has 142 valence electrons. The van der Waals surface area contributed by atoms with Gasteiger partial charge in [-0.2, -0.15) is 0 Å². The summed E-state index contributed by atoms with van der Waals surface area (Å²) in [6, 6.07) is 10.7. The van der Waals surface area contributed by atoms with E-state index in [2.05, 4.69) is 4.98 Å². The van der Waals surface area contributed by atoms with Crippen LogP contribution in [0.3, 0.4) is 0 Å². The van der Waals surface area contributed by atoms with Crippen molar-refractivity contribution in [3.8, 4) is 28.5 Å². The van der Waals surface area contributed by atoms with Gasteiger partial charge in [-0.3, -0.25) is 9.20 Å².